The van der Waals surface area contributed by atoms with E-state index in [2.05, 4.69) is 17.5 Å². The van der Waals surface area contributed by atoms with Gasteiger partial charge in [0.05, 0.1) is 0 Å². The van der Waals surface area contributed by atoms with E-state index in [0.29, 0.717) is 12.5 Å². The quantitative estimate of drug-likeness (QED) is 0.736. The van der Waals surface area contributed by atoms with E-state index in [1.165, 1.54) is 4.90 Å². The number of nitrogens with zero attached hydrogens (tertiary/aromatic N) is 1. The van der Waals surface area contributed by atoms with E-state index < -0.39 is 5.97 Å². The lowest BCUT2D eigenvalue weighted by Gasteiger charge is -2.26. The summed E-state index contributed by atoms with van der Waals surface area (Å²) in [5.41, 5.74) is 0. The summed E-state index contributed by atoms with van der Waals surface area (Å²) < 4.78 is 0. The minimum atomic E-state index is -0.987. The van der Waals surface area contributed by atoms with Crippen molar-refractivity contribution in [2.45, 2.75) is 39.2 Å². The molecule has 0 aromatic rings. The summed E-state index contributed by atoms with van der Waals surface area (Å²) in [6, 6.07) is -0.408. The number of carboxylic acids is 1. The van der Waals surface area contributed by atoms with E-state index in [9.17, 15) is 9.59 Å². The first-order valence-corrected chi connectivity index (χ1v) is 6.42. The van der Waals surface area contributed by atoms with Crippen LogP contribution in [-0.4, -0.2) is 41.1 Å². The molecule has 0 bridgehead atoms. The summed E-state index contributed by atoms with van der Waals surface area (Å²) in [7, 11) is 0. The Hall–Kier alpha value is -1.52. The average molecular weight is 254 g/mol. The molecule has 1 aliphatic rings. The van der Waals surface area contributed by atoms with E-state index in [1.807, 2.05) is 13.8 Å². The molecular formula is C13H22N2O3. The van der Waals surface area contributed by atoms with Crippen molar-refractivity contribution in [1.29, 1.82) is 0 Å². The Morgan fingerprint density at radius 2 is 2.17 bits per heavy atom. The Morgan fingerprint density at radius 3 is 2.67 bits per heavy atom. The van der Waals surface area contributed by atoms with Gasteiger partial charge in [0.1, 0.15) is 6.54 Å². The molecule has 1 aliphatic carbocycles. The minimum Gasteiger partial charge on any atom is -0.480 e. The highest BCUT2D eigenvalue weighted by atomic mass is 16.4. The van der Waals surface area contributed by atoms with Crippen LogP contribution in [0.15, 0.2) is 12.2 Å². The summed E-state index contributed by atoms with van der Waals surface area (Å²) >= 11 is 0. The Morgan fingerprint density at radius 1 is 1.44 bits per heavy atom. The van der Waals surface area contributed by atoms with Crippen LogP contribution in [-0.2, 0) is 4.79 Å². The maximum atomic E-state index is 11.9. The molecule has 0 heterocycles. The predicted octanol–water partition coefficient (Wildman–Crippen LogP) is 1.85. The number of carbonyl (C=O) groups excluding carboxylic acids is 1. The fourth-order valence-electron chi connectivity index (χ4n) is 2.01. The first-order chi connectivity index (χ1) is 8.50. The summed E-state index contributed by atoms with van der Waals surface area (Å²) in [5, 5.41) is 11.6. The molecule has 1 unspecified atom stereocenters. The lowest BCUT2D eigenvalue weighted by Crippen LogP contribution is -2.47. The minimum absolute atomic E-state index is 0.118. The van der Waals surface area contributed by atoms with Gasteiger partial charge in [-0.25, -0.2) is 4.79 Å². The second-order valence-corrected chi connectivity index (χ2v) is 4.95. The van der Waals surface area contributed by atoms with Gasteiger partial charge in [-0.05, 0) is 39.0 Å². The van der Waals surface area contributed by atoms with E-state index in [4.69, 9.17) is 5.11 Å². The number of urea groups is 1. The topological polar surface area (TPSA) is 69.6 Å². The summed E-state index contributed by atoms with van der Waals surface area (Å²) in [6.45, 7) is 3.98. The van der Waals surface area contributed by atoms with Gasteiger partial charge in [0.25, 0.3) is 0 Å². The Labute approximate surface area is 108 Å². The van der Waals surface area contributed by atoms with Crippen LogP contribution in [0.5, 0.6) is 0 Å². The molecule has 5 nitrogen and oxygen atoms in total. The average Bonchev–Trinajstić information content (AvgIpc) is 2.34. The molecule has 0 spiro atoms. The molecule has 0 fully saturated rings. The largest absolute Gasteiger partial charge is 0.480 e. The van der Waals surface area contributed by atoms with Crippen molar-refractivity contribution < 1.29 is 14.7 Å². The van der Waals surface area contributed by atoms with Crippen molar-refractivity contribution in [1.82, 2.24) is 10.2 Å². The zero-order chi connectivity index (χ0) is 13.5. The molecule has 2 amide bonds. The number of aliphatic carboxylic acids is 1. The molecule has 1 rings (SSSR count). The van der Waals surface area contributed by atoms with E-state index in [-0.39, 0.29) is 18.6 Å². The normalized spacial score (nSPS) is 18.7. The number of rotatable bonds is 5. The molecule has 18 heavy (non-hydrogen) atoms. The molecular weight excluding hydrogens is 232 g/mol. The van der Waals surface area contributed by atoms with Gasteiger partial charge in [-0.1, -0.05) is 12.2 Å². The third kappa shape index (κ3) is 4.77. The zero-order valence-electron chi connectivity index (χ0n) is 11.1. The molecule has 1 atom stereocenters. The third-order valence-electron chi connectivity index (χ3n) is 3.11. The van der Waals surface area contributed by atoms with Gasteiger partial charge < -0.3 is 15.3 Å². The second kappa shape index (κ2) is 7.03. The van der Waals surface area contributed by atoms with Crippen LogP contribution in [0.4, 0.5) is 4.79 Å². The van der Waals surface area contributed by atoms with Crippen molar-refractivity contribution >= 4 is 12.0 Å². The lowest BCUT2D eigenvalue weighted by molar-refractivity contribution is -0.138. The number of hydrogen-bond donors (Lipinski definition) is 2. The van der Waals surface area contributed by atoms with Gasteiger partial charge >= 0.3 is 12.0 Å². The lowest BCUT2D eigenvalue weighted by atomic mass is 9.94. The van der Waals surface area contributed by atoms with Crippen LogP contribution in [0.2, 0.25) is 0 Å². The summed E-state index contributed by atoms with van der Waals surface area (Å²) in [6.07, 6.45) is 7.42. The van der Waals surface area contributed by atoms with Crippen LogP contribution in [0.1, 0.15) is 33.1 Å². The smallest absolute Gasteiger partial charge is 0.323 e. The highest BCUT2D eigenvalue weighted by Crippen LogP contribution is 2.17. The highest BCUT2D eigenvalue weighted by Gasteiger charge is 2.20. The van der Waals surface area contributed by atoms with E-state index >= 15 is 0 Å². The second-order valence-electron chi connectivity index (χ2n) is 4.95. The van der Waals surface area contributed by atoms with E-state index in [0.717, 1.165) is 19.3 Å². The van der Waals surface area contributed by atoms with Crippen molar-refractivity contribution in [3.63, 3.8) is 0 Å². The maximum absolute atomic E-state index is 11.9. The monoisotopic (exact) mass is 254 g/mol. The third-order valence-corrected chi connectivity index (χ3v) is 3.11. The molecule has 0 radical (unpaired) electrons. The SMILES string of the molecule is CC(C)N(CC(=O)O)C(=O)NCC1CC=CCC1. The molecule has 0 saturated heterocycles. The summed E-state index contributed by atoms with van der Waals surface area (Å²) in [5.74, 6) is -0.516. The maximum Gasteiger partial charge on any atom is 0.323 e. The number of amides is 2. The van der Waals surface area contributed by atoms with Crippen LogP contribution >= 0.6 is 0 Å². The Balaban J connectivity index is 2.41. The fourth-order valence-corrected chi connectivity index (χ4v) is 2.01. The number of nitrogens with one attached hydrogen (secondary N) is 1. The molecule has 0 aliphatic heterocycles. The molecule has 102 valence electrons. The first-order valence-electron chi connectivity index (χ1n) is 6.42. The van der Waals surface area contributed by atoms with E-state index in [1.54, 1.807) is 0 Å². The molecule has 0 aromatic heterocycles. The van der Waals surface area contributed by atoms with Gasteiger partial charge in [-0.3, -0.25) is 4.79 Å². The van der Waals surface area contributed by atoms with Crippen molar-refractivity contribution in [3.05, 3.63) is 12.2 Å². The molecule has 2 N–H and O–H groups in total. The van der Waals surface area contributed by atoms with Gasteiger partial charge in [0.15, 0.2) is 0 Å². The molecule has 0 aromatic carbocycles. The highest BCUT2D eigenvalue weighted by molar-refractivity contribution is 5.80. The fraction of sp³-hybridized carbons (Fsp3) is 0.692. The number of allylic oxidation sites excluding steroid dienone is 2. The number of carboxylic acid groups (broad SMARTS) is 1. The van der Waals surface area contributed by atoms with Crippen LogP contribution in [0.3, 0.4) is 0 Å². The molecule has 0 saturated carbocycles. The van der Waals surface area contributed by atoms with Crippen molar-refractivity contribution in [3.8, 4) is 0 Å². The molecule has 5 heteroatoms. The predicted molar refractivity (Wildman–Crippen MR) is 69.4 cm³/mol. The number of hydrogen-bond acceptors (Lipinski definition) is 2. The summed E-state index contributed by atoms with van der Waals surface area (Å²) in [4.78, 5) is 23.9. The van der Waals surface area contributed by atoms with Gasteiger partial charge in [0.2, 0.25) is 0 Å². The van der Waals surface area contributed by atoms with Crippen molar-refractivity contribution in [2.24, 2.45) is 5.92 Å². The van der Waals surface area contributed by atoms with Gasteiger partial charge in [0, 0.05) is 12.6 Å². The van der Waals surface area contributed by atoms with Gasteiger partial charge in [-0.2, -0.15) is 0 Å². The standard InChI is InChI=1S/C13H22N2O3/c1-10(2)15(9-12(16)17)13(18)14-8-11-6-4-3-5-7-11/h3-4,10-11H,5-9H2,1-2H3,(H,14,18)(H,16,17). The van der Waals surface area contributed by atoms with Crippen LogP contribution < -0.4 is 5.32 Å². The first kappa shape index (κ1) is 14.5. The van der Waals surface area contributed by atoms with Crippen LogP contribution in [0, 0.1) is 5.92 Å². The number of carbonyl (C=O) groups is 2. The van der Waals surface area contributed by atoms with Gasteiger partial charge in [-0.15, -0.1) is 0 Å². The van der Waals surface area contributed by atoms with Crippen LogP contribution in [0.25, 0.3) is 0 Å². The Kier molecular flexibility index (Phi) is 5.68. The zero-order valence-corrected chi connectivity index (χ0v) is 11.1. The Bertz CT molecular complexity index is 326. The van der Waals surface area contributed by atoms with Crippen molar-refractivity contribution in [2.75, 3.05) is 13.1 Å².